The molecule has 1 saturated heterocycles. The minimum atomic E-state index is -4.78. The van der Waals surface area contributed by atoms with E-state index in [1.165, 1.54) is 24.3 Å². The SMILES string of the molecule is CNS(=O)(=O)NC(=O)NC1=CC=C2C(CC[C@]23CN(CC(=O)N(Cc2ccc(F)cc2)C(C)C(F)(F)F)C(=O)O3)C1=O. The van der Waals surface area contributed by atoms with E-state index in [1.807, 2.05) is 4.72 Å². The number of ketones is 1. The maximum Gasteiger partial charge on any atom is 0.411 e. The Morgan fingerprint density at radius 2 is 1.86 bits per heavy atom. The summed E-state index contributed by atoms with van der Waals surface area (Å²) in [7, 11) is -3.05. The fourth-order valence-corrected chi connectivity index (χ4v) is 5.50. The predicted octanol–water partition coefficient (Wildman–Crippen LogP) is 1.86. The lowest BCUT2D eigenvalue weighted by molar-refractivity contribution is -0.187. The van der Waals surface area contributed by atoms with Gasteiger partial charge in [0.05, 0.1) is 12.2 Å². The summed E-state index contributed by atoms with van der Waals surface area (Å²) in [4.78, 5) is 52.5. The highest BCUT2D eigenvalue weighted by Gasteiger charge is 2.56. The molecule has 3 aliphatic rings. The predicted molar refractivity (Wildman–Crippen MR) is 137 cm³/mol. The molecule has 1 spiro atoms. The number of nitrogens with one attached hydrogen (secondary N) is 3. The number of ether oxygens (including phenoxy) is 1. The van der Waals surface area contributed by atoms with Crippen molar-refractivity contribution in [3.63, 3.8) is 0 Å². The third-order valence-corrected chi connectivity index (χ3v) is 8.33. The second kappa shape index (κ2) is 11.4. The van der Waals surface area contributed by atoms with Gasteiger partial charge in [-0.25, -0.2) is 23.4 Å². The van der Waals surface area contributed by atoms with Crippen LogP contribution in [0.15, 0.2) is 47.7 Å². The summed E-state index contributed by atoms with van der Waals surface area (Å²) in [5, 5.41) is 2.17. The van der Waals surface area contributed by atoms with Crippen molar-refractivity contribution in [1.82, 2.24) is 24.6 Å². The van der Waals surface area contributed by atoms with Gasteiger partial charge in [-0.05, 0) is 49.1 Å². The van der Waals surface area contributed by atoms with Crippen LogP contribution in [0.1, 0.15) is 25.3 Å². The Hall–Kier alpha value is -3.99. The van der Waals surface area contributed by atoms with Gasteiger partial charge in [0.2, 0.25) is 5.91 Å². The Labute approximate surface area is 237 Å². The molecule has 3 atom stereocenters. The van der Waals surface area contributed by atoms with Crippen molar-refractivity contribution in [1.29, 1.82) is 0 Å². The van der Waals surface area contributed by atoms with E-state index in [4.69, 9.17) is 4.74 Å². The van der Waals surface area contributed by atoms with E-state index in [2.05, 4.69) is 5.32 Å². The third kappa shape index (κ3) is 6.41. The average Bonchev–Trinajstić information content (AvgIpc) is 3.42. The summed E-state index contributed by atoms with van der Waals surface area (Å²) >= 11 is 0. The fourth-order valence-electron chi connectivity index (χ4n) is 5.10. The maximum atomic E-state index is 13.6. The van der Waals surface area contributed by atoms with Crippen LogP contribution in [0.4, 0.5) is 27.2 Å². The molecule has 4 amide bonds. The number of rotatable bonds is 8. The number of urea groups is 1. The van der Waals surface area contributed by atoms with Crippen molar-refractivity contribution < 1.29 is 49.9 Å². The van der Waals surface area contributed by atoms with Gasteiger partial charge in [0.1, 0.15) is 18.4 Å². The van der Waals surface area contributed by atoms with Gasteiger partial charge >= 0.3 is 28.5 Å². The monoisotopic (exact) mass is 617 g/mol. The van der Waals surface area contributed by atoms with E-state index in [0.717, 1.165) is 31.0 Å². The third-order valence-electron chi connectivity index (χ3n) is 7.33. The molecule has 1 saturated carbocycles. The van der Waals surface area contributed by atoms with E-state index in [9.17, 15) is 45.2 Å². The molecule has 3 N–H and O–H groups in total. The van der Waals surface area contributed by atoms with Gasteiger partial charge in [-0.3, -0.25) is 14.5 Å². The van der Waals surface area contributed by atoms with Crippen LogP contribution in [0, 0.1) is 11.7 Å². The molecule has 1 heterocycles. The molecule has 2 unspecified atom stereocenters. The number of alkyl halides is 3. The van der Waals surface area contributed by atoms with Crippen molar-refractivity contribution in [2.75, 3.05) is 20.1 Å². The van der Waals surface area contributed by atoms with Crippen LogP contribution >= 0.6 is 0 Å². The van der Waals surface area contributed by atoms with E-state index in [-0.39, 0.29) is 30.6 Å². The number of carbonyl (C=O) groups is 4. The quantitative estimate of drug-likeness (QED) is 0.377. The molecular formula is C25H27F4N5O7S. The van der Waals surface area contributed by atoms with Gasteiger partial charge < -0.3 is 15.0 Å². The standard InChI is InChI=1S/C25H27F4N5O7S/c1-14(25(27,28)29)34(11-15-3-5-16(26)6-4-15)20(35)12-33-13-24(41-23(33)38)10-9-17-18(24)7-8-19(21(17)36)31-22(37)32-42(39,40)30-2/h3-8,14,17,30H,9-13H2,1-2H3,(H2,31,32,37)/t14?,17?,24-/m0/s1. The summed E-state index contributed by atoms with van der Waals surface area (Å²) in [5.74, 6) is -3.00. The fraction of sp³-hybridized carbons (Fsp3) is 0.440. The highest BCUT2D eigenvalue weighted by atomic mass is 32.2. The molecule has 1 aromatic rings. The minimum absolute atomic E-state index is 0.158. The van der Waals surface area contributed by atoms with Crippen molar-refractivity contribution in [2.45, 2.75) is 44.1 Å². The highest BCUT2D eigenvalue weighted by Crippen LogP contribution is 2.48. The first kappa shape index (κ1) is 31.0. The van der Waals surface area contributed by atoms with Crippen molar-refractivity contribution in [2.24, 2.45) is 5.92 Å². The molecule has 228 valence electrons. The summed E-state index contributed by atoms with van der Waals surface area (Å²) in [5.41, 5.74) is -0.885. The molecule has 0 radical (unpaired) electrons. The second-order valence-electron chi connectivity index (χ2n) is 10.0. The molecule has 2 aliphatic carbocycles. The van der Waals surface area contributed by atoms with Crippen LogP contribution in [0.5, 0.6) is 0 Å². The van der Waals surface area contributed by atoms with E-state index < -0.39 is 76.7 Å². The van der Waals surface area contributed by atoms with E-state index in [1.54, 1.807) is 4.72 Å². The summed E-state index contributed by atoms with van der Waals surface area (Å²) in [6.45, 7) is -0.636. The zero-order valence-corrected chi connectivity index (χ0v) is 23.1. The average molecular weight is 618 g/mol. The van der Waals surface area contributed by atoms with Crippen LogP contribution in [0.25, 0.3) is 0 Å². The normalized spacial score (nSPS) is 22.7. The molecule has 2 fully saturated rings. The van der Waals surface area contributed by atoms with Gasteiger partial charge in [0.15, 0.2) is 11.4 Å². The van der Waals surface area contributed by atoms with Crippen molar-refractivity contribution in [3.8, 4) is 0 Å². The molecule has 0 aromatic heterocycles. The Bertz CT molecular complexity index is 1460. The van der Waals surface area contributed by atoms with Gasteiger partial charge in [0, 0.05) is 19.5 Å². The van der Waals surface area contributed by atoms with Crippen LogP contribution in [-0.2, 0) is 31.1 Å². The Balaban J connectivity index is 1.50. The number of carbonyl (C=O) groups excluding carboxylic acids is 4. The molecular weight excluding hydrogens is 590 g/mol. The summed E-state index contributed by atoms with van der Waals surface area (Å²) in [6, 6.07) is 1.22. The van der Waals surface area contributed by atoms with Crippen LogP contribution < -0.4 is 14.8 Å². The first-order chi connectivity index (χ1) is 19.5. The van der Waals surface area contributed by atoms with Crippen molar-refractivity contribution >= 4 is 34.0 Å². The Morgan fingerprint density at radius 3 is 2.48 bits per heavy atom. The molecule has 0 bridgehead atoms. The lowest BCUT2D eigenvalue weighted by Gasteiger charge is -2.32. The largest absolute Gasteiger partial charge is 0.436 e. The van der Waals surface area contributed by atoms with Crippen LogP contribution in [-0.4, -0.2) is 80.0 Å². The lowest BCUT2D eigenvalue weighted by Crippen LogP contribution is -2.50. The first-order valence-corrected chi connectivity index (χ1v) is 14.1. The minimum Gasteiger partial charge on any atom is -0.436 e. The zero-order valence-electron chi connectivity index (χ0n) is 22.3. The van der Waals surface area contributed by atoms with Gasteiger partial charge in [-0.1, -0.05) is 18.2 Å². The number of halogens is 4. The zero-order chi connectivity index (χ0) is 31.0. The van der Waals surface area contributed by atoms with E-state index in [0.29, 0.717) is 10.5 Å². The number of hydrogen-bond donors (Lipinski definition) is 3. The number of benzene rings is 1. The molecule has 12 nitrogen and oxygen atoms in total. The van der Waals surface area contributed by atoms with Crippen molar-refractivity contribution in [3.05, 3.63) is 59.1 Å². The summed E-state index contributed by atoms with van der Waals surface area (Å²) in [6.07, 6.45) is -2.71. The van der Waals surface area contributed by atoms with Gasteiger partial charge in [0.25, 0.3) is 0 Å². The molecule has 1 aromatic carbocycles. The number of fused-ring (bicyclic) bond motifs is 2. The lowest BCUT2D eigenvalue weighted by atomic mass is 9.85. The van der Waals surface area contributed by atoms with Gasteiger partial charge in [-0.15, -0.1) is 0 Å². The molecule has 17 heteroatoms. The smallest absolute Gasteiger partial charge is 0.411 e. The number of amides is 4. The Morgan fingerprint density at radius 1 is 1.19 bits per heavy atom. The first-order valence-electron chi connectivity index (χ1n) is 12.6. The van der Waals surface area contributed by atoms with E-state index >= 15 is 0 Å². The van der Waals surface area contributed by atoms with Crippen LogP contribution in [0.3, 0.4) is 0 Å². The Kier molecular flexibility index (Phi) is 8.37. The summed E-state index contributed by atoms with van der Waals surface area (Å²) < 4.78 is 86.3. The number of nitrogens with zero attached hydrogens (tertiary/aromatic N) is 2. The van der Waals surface area contributed by atoms with Crippen LogP contribution in [0.2, 0.25) is 0 Å². The number of hydrogen-bond acceptors (Lipinski definition) is 7. The molecule has 1 aliphatic heterocycles. The topological polar surface area (TPSA) is 154 Å². The second-order valence-corrected chi connectivity index (χ2v) is 11.6. The number of allylic oxidation sites excluding steroid dienone is 3. The number of Topliss-reactive ketones (excluding diaryl/α,β-unsaturated/α-hetero) is 1. The molecule has 42 heavy (non-hydrogen) atoms. The van der Waals surface area contributed by atoms with Gasteiger partial charge in [-0.2, -0.15) is 21.6 Å². The highest BCUT2D eigenvalue weighted by molar-refractivity contribution is 7.88. The maximum absolute atomic E-state index is 13.6. The molecule has 4 rings (SSSR count).